The summed E-state index contributed by atoms with van der Waals surface area (Å²) in [6.45, 7) is 0. The number of hydrogen-bond donors (Lipinski definition) is 0. The van der Waals surface area contributed by atoms with Crippen molar-refractivity contribution in [1.82, 2.24) is 9.78 Å². The summed E-state index contributed by atoms with van der Waals surface area (Å²) >= 11 is 3.60. The lowest BCUT2D eigenvalue weighted by atomic mass is 10.1. The number of hydrogen-bond acceptors (Lipinski definition) is 1. The van der Waals surface area contributed by atoms with Crippen LogP contribution in [0.3, 0.4) is 0 Å². The van der Waals surface area contributed by atoms with E-state index in [1.54, 1.807) is 5.69 Å². The van der Waals surface area contributed by atoms with Gasteiger partial charge in [-0.05, 0) is 25.7 Å². The second-order valence-electron chi connectivity index (χ2n) is 5.55. The van der Waals surface area contributed by atoms with Crippen molar-refractivity contribution < 1.29 is 0 Å². The van der Waals surface area contributed by atoms with Gasteiger partial charge in [0.1, 0.15) is 0 Å². The van der Waals surface area contributed by atoms with Gasteiger partial charge in [-0.2, -0.15) is 5.10 Å². The van der Waals surface area contributed by atoms with Gasteiger partial charge in [0.25, 0.3) is 0 Å². The smallest absolute Gasteiger partial charge is 0.0533 e. The molecule has 0 saturated heterocycles. The predicted molar refractivity (Wildman–Crippen MR) is 73.6 cm³/mol. The average molecular weight is 297 g/mol. The highest BCUT2D eigenvalue weighted by molar-refractivity contribution is 9.08. The number of alkyl halides is 1. The Morgan fingerprint density at radius 3 is 2.41 bits per heavy atom. The van der Waals surface area contributed by atoms with Gasteiger partial charge in [0.2, 0.25) is 0 Å². The summed E-state index contributed by atoms with van der Waals surface area (Å²) in [6, 6.07) is 0.681. The SMILES string of the molecule is BrCc1cnn(C2CCCCCC2)c1C1CC1. The standard InChI is InChI=1S/C14H21BrN2/c15-9-12-10-16-17(14(12)11-7-8-11)13-5-3-1-2-4-6-13/h10-11,13H,1-9H2. The fourth-order valence-electron chi connectivity index (χ4n) is 3.11. The molecule has 0 N–H and O–H groups in total. The first kappa shape index (κ1) is 11.8. The van der Waals surface area contributed by atoms with E-state index in [1.165, 1.54) is 56.9 Å². The Bertz CT molecular complexity index is 374. The summed E-state index contributed by atoms with van der Waals surface area (Å²) in [7, 11) is 0. The molecule has 3 rings (SSSR count). The van der Waals surface area contributed by atoms with Crippen LogP contribution in [0.5, 0.6) is 0 Å². The molecule has 17 heavy (non-hydrogen) atoms. The van der Waals surface area contributed by atoms with E-state index in [0.717, 1.165) is 11.2 Å². The Labute approximate surface area is 112 Å². The van der Waals surface area contributed by atoms with E-state index in [0.29, 0.717) is 6.04 Å². The van der Waals surface area contributed by atoms with Gasteiger partial charge in [0.15, 0.2) is 0 Å². The molecule has 0 aliphatic heterocycles. The molecule has 1 aromatic heterocycles. The zero-order valence-corrected chi connectivity index (χ0v) is 12.0. The molecule has 0 amide bonds. The quantitative estimate of drug-likeness (QED) is 0.591. The first-order valence-electron chi connectivity index (χ1n) is 7.02. The van der Waals surface area contributed by atoms with Gasteiger partial charge in [0, 0.05) is 22.5 Å². The normalized spacial score (nSPS) is 22.6. The van der Waals surface area contributed by atoms with Gasteiger partial charge in [-0.1, -0.05) is 41.6 Å². The van der Waals surface area contributed by atoms with Crippen molar-refractivity contribution in [3.05, 3.63) is 17.5 Å². The molecular weight excluding hydrogens is 276 g/mol. The van der Waals surface area contributed by atoms with E-state index in [2.05, 4.69) is 26.8 Å². The first-order chi connectivity index (χ1) is 8.40. The molecule has 2 aliphatic carbocycles. The average Bonchev–Trinajstić information content (AvgIpc) is 3.14. The molecule has 2 aliphatic rings. The second kappa shape index (κ2) is 5.13. The second-order valence-corrected chi connectivity index (χ2v) is 6.11. The zero-order chi connectivity index (χ0) is 11.7. The minimum Gasteiger partial charge on any atom is -0.266 e. The van der Waals surface area contributed by atoms with Crippen molar-refractivity contribution in [1.29, 1.82) is 0 Å². The van der Waals surface area contributed by atoms with Gasteiger partial charge < -0.3 is 0 Å². The van der Waals surface area contributed by atoms with Gasteiger partial charge in [-0.25, -0.2) is 0 Å². The Hall–Kier alpha value is -0.310. The molecule has 0 atom stereocenters. The van der Waals surface area contributed by atoms with Crippen molar-refractivity contribution in [3.63, 3.8) is 0 Å². The molecular formula is C14H21BrN2. The molecule has 0 aromatic carbocycles. The van der Waals surface area contributed by atoms with Crippen LogP contribution in [-0.2, 0) is 5.33 Å². The molecule has 0 spiro atoms. The summed E-state index contributed by atoms with van der Waals surface area (Å²) in [6.07, 6.45) is 13.1. The van der Waals surface area contributed by atoms with Crippen LogP contribution in [0.15, 0.2) is 6.20 Å². The molecule has 2 saturated carbocycles. The van der Waals surface area contributed by atoms with E-state index < -0.39 is 0 Å². The third kappa shape index (κ3) is 2.44. The largest absolute Gasteiger partial charge is 0.266 e. The molecule has 0 unspecified atom stereocenters. The van der Waals surface area contributed by atoms with Crippen molar-refractivity contribution in [2.45, 2.75) is 68.7 Å². The summed E-state index contributed by atoms with van der Waals surface area (Å²) in [4.78, 5) is 0. The minimum absolute atomic E-state index is 0.681. The topological polar surface area (TPSA) is 17.8 Å². The van der Waals surface area contributed by atoms with Crippen LogP contribution >= 0.6 is 15.9 Å². The first-order valence-corrected chi connectivity index (χ1v) is 8.14. The molecule has 94 valence electrons. The van der Waals surface area contributed by atoms with E-state index >= 15 is 0 Å². The van der Waals surface area contributed by atoms with E-state index in [1.807, 2.05) is 0 Å². The van der Waals surface area contributed by atoms with Gasteiger partial charge >= 0.3 is 0 Å². The summed E-state index contributed by atoms with van der Waals surface area (Å²) in [5.74, 6) is 0.813. The van der Waals surface area contributed by atoms with Crippen LogP contribution in [0.25, 0.3) is 0 Å². The van der Waals surface area contributed by atoms with Crippen LogP contribution in [0.4, 0.5) is 0 Å². The third-order valence-corrected chi connectivity index (χ3v) is 4.80. The summed E-state index contributed by atoms with van der Waals surface area (Å²) in [5, 5.41) is 5.66. The van der Waals surface area contributed by atoms with Crippen LogP contribution in [0, 0.1) is 0 Å². The molecule has 1 aromatic rings. The van der Waals surface area contributed by atoms with E-state index in [-0.39, 0.29) is 0 Å². The molecule has 2 fully saturated rings. The number of halogens is 1. The van der Waals surface area contributed by atoms with Crippen LogP contribution in [0.2, 0.25) is 0 Å². The monoisotopic (exact) mass is 296 g/mol. The molecule has 0 bridgehead atoms. The Morgan fingerprint density at radius 1 is 1.12 bits per heavy atom. The predicted octanol–water partition coefficient (Wildman–Crippen LogP) is 4.55. The highest BCUT2D eigenvalue weighted by Crippen LogP contribution is 2.44. The fraction of sp³-hybridized carbons (Fsp3) is 0.786. The lowest BCUT2D eigenvalue weighted by Crippen LogP contribution is -2.13. The van der Waals surface area contributed by atoms with Crippen LogP contribution < -0.4 is 0 Å². The van der Waals surface area contributed by atoms with Crippen molar-refractivity contribution >= 4 is 15.9 Å². The van der Waals surface area contributed by atoms with Crippen molar-refractivity contribution in [3.8, 4) is 0 Å². The van der Waals surface area contributed by atoms with Gasteiger partial charge in [0.05, 0.1) is 12.2 Å². The van der Waals surface area contributed by atoms with Gasteiger partial charge in [-0.15, -0.1) is 0 Å². The third-order valence-electron chi connectivity index (χ3n) is 4.19. The maximum absolute atomic E-state index is 4.70. The highest BCUT2D eigenvalue weighted by atomic mass is 79.9. The molecule has 1 heterocycles. The zero-order valence-electron chi connectivity index (χ0n) is 10.4. The lowest BCUT2D eigenvalue weighted by Gasteiger charge is -2.18. The number of aromatic nitrogens is 2. The Kier molecular flexibility index (Phi) is 3.55. The lowest BCUT2D eigenvalue weighted by molar-refractivity contribution is 0.393. The van der Waals surface area contributed by atoms with Crippen LogP contribution in [0.1, 0.15) is 74.6 Å². The minimum atomic E-state index is 0.681. The number of rotatable bonds is 3. The molecule has 2 nitrogen and oxygen atoms in total. The molecule has 3 heteroatoms. The van der Waals surface area contributed by atoms with Crippen molar-refractivity contribution in [2.24, 2.45) is 0 Å². The highest BCUT2D eigenvalue weighted by Gasteiger charge is 2.31. The molecule has 0 radical (unpaired) electrons. The van der Waals surface area contributed by atoms with Gasteiger partial charge in [-0.3, -0.25) is 4.68 Å². The maximum atomic E-state index is 4.70. The van der Waals surface area contributed by atoms with Crippen molar-refractivity contribution in [2.75, 3.05) is 0 Å². The maximum Gasteiger partial charge on any atom is 0.0533 e. The summed E-state index contributed by atoms with van der Waals surface area (Å²) in [5.41, 5.74) is 2.98. The Balaban J connectivity index is 1.87. The fourth-order valence-corrected chi connectivity index (χ4v) is 3.54. The van der Waals surface area contributed by atoms with E-state index in [4.69, 9.17) is 5.10 Å². The van der Waals surface area contributed by atoms with E-state index in [9.17, 15) is 0 Å². The Morgan fingerprint density at radius 2 is 1.82 bits per heavy atom. The van der Waals surface area contributed by atoms with Crippen LogP contribution in [-0.4, -0.2) is 9.78 Å². The number of nitrogens with zero attached hydrogens (tertiary/aromatic N) is 2. The summed E-state index contributed by atoms with van der Waals surface area (Å²) < 4.78 is 2.39.